The van der Waals surface area contributed by atoms with Crippen LogP contribution >= 0.6 is 11.8 Å². The molecule has 0 bridgehead atoms. The molecule has 5 amide bonds. The van der Waals surface area contributed by atoms with Crippen LogP contribution in [0.5, 0.6) is 0 Å². The molecular formula is C24H27FN6O4S. The van der Waals surface area contributed by atoms with E-state index in [0.717, 1.165) is 4.90 Å². The number of nitrogens with zero attached hydrogens (tertiary/aromatic N) is 2. The molecule has 2 heterocycles. The second-order valence-electron chi connectivity index (χ2n) is 8.62. The Labute approximate surface area is 212 Å². The highest BCUT2D eigenvalue weighted by Crippen LogP contribution is 2.34. The van der Waals surface area contributed by atoms with Gasteiger partial charge in [0.2, 0.25) is 17.7 Å². The van der Waals surface area contributed by atoms with E-state index >= 15 is 0 Å². The minimum Gasteiger partial charge on any atom is -0.326 e. The quantitative estimate of drug-likeness (QED) is 0.466. The first-order valence-corrected chi connectivity index (χ1v) is 12.3. The van der Waals surface area contributed by atoms with Crippen LogP contribution < -0.4 is 21.3 Å². The van der Waals surface area contributed by atoms with Gasteiger partial charge in [0.05, 0.1) is 29.4 Å². The van der Waals surface area contributed by atoms with Gasteiger partial charge in [-0.3, -0.25) is 29.9 Å². The molecule has 0 saturated carbocycles. The number of carbonyl (C=O) groups excluding carboxylic acids is 4. The number of imide groups is 1. The van der Waals surface area contributed by atoms with Crippen LogP contribution in [0.2, 0.25) is 0 Å². The van der Waals surface area contributed by atoms with Crippen LogP contribution in [0.4, 0.5) is 20.6 Å². The normalized spacial score (nSPS) is 23.8. The topological polar surface area (TPSA) is 123 Å². The van der Waals surface area contributed by atoms with Gasteiger partial charge in [0.15, 0.2) is 0 Å². The van der Waals surface area contributed by atoms with E-state index in [2.05, 4.69) is 21.3 Å². The molecule has 4 rings (SSSR count). The molecule has 2 aromatic carbocycles. The van der Waals surface area contributed by atoms with Crippen LogP contribution in [0.3, 0.4) is 0 Å². The maximum absolute atomic E-state index is 13.9. The number of benzene rings is 2. The minimum atomic E-state index is -0.669. The number of nitrogens with one attached hydrogen (secondary N) is 4. The summed E-state index contributed by atoms with van der Waals surface area (Å²) in [5.74, 6) is -1.89. The second kappa shape index (κ2) is 10.6. The molecule has 2 aliphatic heterocycles. The number of rotatable bonds is 6. The molecule has 2 aromatic rings. The molecule has 12 heteroatoms. The highest BCUT2D eigenvalue weighted by Gasteiger charge is 2.51. The van der Waals surface area contributed by atoms with Crippen LogP contribution in [0.1, 0.15) is 18.7 Å². The Bertz CT molecular complexity index is 1180. The molecule has 0 spiro atoms. The lowest BCUT2D eigenvalue weighted by atomic mass is 9.96. The van der Waals surface area contributed by atoms with Gasteiger partial charge in [-0.05, 0) is 42.0 Å². The van der Waals surface area contributed by atoms with Gasteiger partial charge in [-0.25, -0.2) is 9.18 Å². The molecule has 190 valence electrons. The lowest BCUT2D eigenvalue weighted by Crippen LogP contribution is -2.72. The first kappa shape index (κ1) is 25.6. The number of hydrogen-bond acceptors (Lipinski definition) is 7. The highest BCUT2D eigenvalue weighted by atomic mass is 32.2. The summed E-state index contributed by atoms with van der Waals surface area (Å²) < 4.78 is 13.9. The molecule has 0 radical (unpaired) electrons. The summed E-state index contributed by atoms with van der Waals surface area (Å²) in [6.45, 7) is 1.41. The van der Waals surface area contributed by atoms with Crippen molar-refractivity contribution in [3.05, 3.63) is 59.9 Å². The molecule has 0 aliphatic carbocycles. The molecule has 36 heavy (non-hydrogen) atoms. The van der Waals surface area contributed by atoms with Crippen molar-refractivity contribution in [3.63, 3.8) is 0 Å². The van der Waals surface area contributed by atoms with Crippen molar-refractivity contribution < 1.29 is 23.6 Å². The van der Waals surface area contributed by atoms with E-state index in [1.807, 2.05) is 0 Å². The van der Waals surface area contributed by atoms with E-state index in [1.54, 1.807) is 43.4 Å². The Morgan fingerprint density at radius 1 is 1.03 bits per heavy atom. The van der Waals surface area contributed by atoms with Gasteiger partial charge in [0.25, 0.3) is 0 Å². The highest BCUT2D eigenvalue weighted by molar-refractivity contribution is 8.00. The fourth-order valence-corrected chi connectivity index (χ4v) is 5.39. The molecular weight excluding hydrogens is 487 g/mol. The summed E-state index contributed by atoms with van der Waals surface area (Å²) in [6, 6.07) is 12.3. The number of fused-ring (bicyclic) bond motifs is 1. The van der Waals surface area contributed by atoms with Crippen molar-refractivity contribution in [2.24, 2.45) is 5.92 Å². The van der Waals surface area contributed by atoms with Gasteiger partial charge in [0, 0.05) is 32.4 Å². The van der Waals surface area contributed by atoms with E-state index in [1.165, 1.54) is 42.8 Å². The number of carbonyl (C=O) groups is 4. The summed E-state index contributed by atoms with van der Waals surface area (Å²) >= 11 is 1.23. The first-order valence-electron chi connectivity index (χ1n) is 11.2. The Balaban J connectivity index is 1.48. The van der Waals surface area contributed by atoms with Gasteiger partial charge >= 0.3 is 6.03 Å². The van der Waals surface area contributed by atoms with Gasteiger partial charge in [-0.1, -0.05) is 12.1 Å². The molecule has 4 unspecified atom stereocenters. The predicted molar refractivity (Wildman–Crippen MR) is 134 cm³/mol. The monoisotopic (exact) mass is 514 g/mol. The van der Waals surface area contributed by atoms with E-state index < -0.39 is 35.5 Å². The SMILES string of the molecule is CC(=O)Nc1ccc(NC(=O)CSC2NC(c3cccc(F)c3)NC3C2C(=O)N(C)C(=O)N3C)cc1. The zero-order chi connectivity index (χ0) is 26.0. The van der Waals surface area contributed by atoms with Gasteiger partial charge in [0.1, 0.15) is 5.82 Å². The van der Waals surface area contributed by atoms with E-state index in [9.17, 15) is 23.6 Å². The summed E-state index contributed by atoms with van der Waals surface area (Å²) in [5, 5.41) is 11.5. The lowest BCUT2D eigenvalue weighted by molar-refractivity contribution is -0.140. The molecule has 2 aliphatic rings. The Morgan fingerprint density at radius 3 is 2.33 bits per heavy atom. The van der Waals surface area contributed by atoms with Crippen molar-refractivity contribution in [1.82, 2.24) is 20.4 Å². The van der Waals surface area contributed by atoms with Gasteiger partial charge in [-0.2, -0.15) is 0 Å². The number of anilines is 2. The van der Waals surface area contributed by atoms with Crippen molar-refractivity contribution in [2.45, 2.75) is 24.6 Å². The van der Waals surface area contributed by atoms with Crippen LogP contribution in [-0.4, -0.2) is 64.9 Å². The first-order chi connectivity index (χ1) is 17.1. The summed E-state index contributed by atoms with van der Waals surface area (Å²) in [7, 11) is 3.03. The third-order valence-electron chi connectivity index (χ3n) is 6.02. The summed E-state index contributed by atoms with van der Waals surface area (Å²) in [5.41, 5.74) is 1.78. The van der Waals surface area contributed by atoms with Crippen LogP contribution in [0.15, 0.2) is 48.5 Å². The Hall–Kier alpha value is -3.48. The van der Waals surface area contributed by atoms with Crippen LogP contribution in [0.25, 0.3) is 0 Å². The van der Waals surface area contributed by atoms with Crippen molar-refractivity contribution in [3.8, 4) is 0 Å². The molecule has 2 saturated heterocycles. The fraction of sp³-hybridized carbons (Fsp3) is 0.333. The number of halogens is 1. The molecule has 4 atom stereocenters. The predicted octanol–water partition coefficient (Wildman–Crippen LogP) is 2.14. The van der Waals surface area contributed by atoms with Crippen LogP contribution in [0, 0.1) is 11.7 Å². The van der Waals surface area contributed by atoms with Crippen molar-refractivity contribution in [2.75, 3.05) is 30.5 Å². The van der Waals surface area contributed by atoms with E-state index in [4.69, 9.17) is 0 Å². The van der Waals surface area contributed by atoms with E-state index in [-0.39, 0.29) is 23.5 Å². The van der Waals surface area contributed by atoms with Gasteiger partial charge < -0.3 is 15.5 Å². The Kier molecular flexibility index (Phi) is 7.57. The summed E-state index contributed by atoms with van der Waals surface area (Å²) in [4.78, 5) is 52.0. The maximum atomic E-state index is 13.9. The fourth-order valence-electron chi connectivity index (χ4n) is 4.28. The lowest BCUT2D eigenvalue weighted by Gasteiger charge is -2.50. The molecule has 4 N–H and O–H groups in total. The van der Waals surface area contributed by atoms with Crippen molar-refractivity contribution in [1.29, 1.82) is 0 Å². The second-order valence-corrected chi connectivity index (χ2v) is 9.75. The zero-order valence-corrected chi connectivity index (χ0v) is 20.8. The molecule has 0 aromatic heterocycles. The number of urea groups is 1. The zero-order valence-electron chi connectivity index (χ0n) is 19.9. The van der Waals surface area contributed by atoms with Crippen molar-refractivity contribution >= 4 is 46.9 Å². The number of thioether (sulfide) groups is 1. The summed E-state index contributed by atoms with van der Waals surface area (Å²) in [6.07, 6.45) is -1.19. The Morgan fingerprint density at radius 2 is 1.69 bits per heavy atom. The van der Waals surface area contributed by atoms with Gasteiger partial charge in [-0.15, -0.1) is 11.8 Å². The number of amides is 5. The molecule has 10 nitrogen and oxygen atoms in total. The standard InChI is InChI=1S/C24H27FN6O4S/c1-13(32)26-16-7-9-17(10-8-16)27-18(33)12-36-22-19-21(30(2)24(35)31(3)23(19)34)28-20(29-22)14-5-4-6-15(25)11-14/h4-11,19-22,28-29H,12H2,1-3H3,(H,26,32)(H,27,33). The minimum absolute atomic E-state index is 0.0266. The maximum Gasteiger partial charge on any atom is 0.327 e. The van der Waals surface area contributed by atoms with E-state index in [0.29, 0.717) is 16.9 Å². The average Bonchev–Trinajstić information content (AvgIpc) is 2.85. The van der Waals surface area contributed by atoms with Crippen LogP contribution in [-0.2, 0) is 14.4 Å². The third kappa shape index (κ3) is 5.50. The average molecular weight is 515 g/mol. The largest absolute Gasteiger partial charge is 0.327 e. The number of hydrogen-bond donors (Lipinski definition) is 4. The smallest absolute Gasteiger partial charge is 0.326 e. The third-order valence-corrected chi connectivity index (χ3v) is 7.24. The molecule has 2 fully saturated rings.